The van der Waals surface area contributed by atoms with Gasteiger partial charge in [0, 0.05) is 11.6 Å². The van der Waals surface area contributed by atoms with Gasteiger partial charge in [0.25, 0.3) is 5.91 Å². The van der Waals surface area contributed by atoms with E-state index in [0.717, 1.165) is 5.56 Å². The fourth-order valence-corrected chi connectivity index (χ4v) is 3.26. The monoisotopic (exact) mass is 481 g/mol. The van der Waals surface area contributed by atoms with Crippen LogP contribution in [0.4, 0.5) is 4.39 Å². The molecule has 0 saturated heterocycles. The summed E-state index contributed by atoms with van der Waals surface area (Å²) in [5.74, 6) is 1.06. The molecule has 4 aromatic rings. The number of hydrogen-bond acceptors (Lipinski definition) is 8. The van der Waals surface area contributed by atoms with Crippen molar-refractivity contribution in [3.63, 3.8) is 0 Å². The molecule has 1 atom stereocenters. The Morgan fingerprint density at radius 1 is 1.03 bits per heavy atom. The first-order valence-corrected chi connectivity index (χ1v) is 10.8. The van der Waals surface area contributed by atoms with E-state index in [-0.39, 0.29) is 18.9 Å². The smallest absolute Gasteiger partial charge is 0.260 e. The van der Waals surface area contributed by atoms with E-state index < -0.39 is 17.8 Å². The zero-order valence-corrected chi connectivity index (χ0v) is 19.4. The second kappa shape index (κ2) is 10.7. The van der Waals surface area contributed by atoms with E-state index in [1.54, 1.807) is 62.1 Å². The molecule has 2 heterocycles. The molecular formula is C24H24FN5O5. The van der Waals surface area contributed by atoms with Crippen molar-refractivity contribution in [3.05, 3.63) is 60.4 Å². The van der Waals surface area contributed by atoms with E-state index in [2.05, 4.69) is 20.6 Å². The summed E-state index contributed by atoms with van der Waals surface area (Å²) in [6, 6.07) is 14.7. The van der Waals surface area contributed by atoms with Gasteiger partial charge in [-0.25, -0.2) is 4.39 Å². The summed E-state index contributed by atoms with van der Waals surface area (Å²) >= 11 is 0. The summed E-state index contributed by atoms with van der Waals surface area (Å²) in [4.78, 5) is 12.2. The first-order chi connectivity index (χ1) is 17.0. The van der Waals surface area contributed by atoms with Gasteiger partial charge in [-0.3, -0.25) is 4.79 Å². The van der Waals surface area contributed by atoms with Crippen molar-refractivity contribution < 1.29 is 28.1 Å². The Morgan fingerprint density at radius 2 is 1.83 bits per heavy atom. The highest BCUT2D eigenvalue weighted by Gasteiger charge is 2.16. The number of nitrogens with zero attached hydrogens (tertiary/aromatic N) is 4. The summed E-state index contributed by atoms with van der Waals surface area (Å²) in [5, 5.41) is 15.5. The van der Waals surface area contributed by atoms with Crippen molar-refractivity contribution in [1.29, 1.82) is 0 Å². The van der Waals surface area contributed by atoms with Crippen LogP contribution >= 0.6 is 0 Å². The lowest BCUT2D eigenvalue weighted by Gasteiger charge is -2.15. The number of methoxy groups -OCH3 is 2. The molecule has 0 radical (unpaired) electrons. The van der Waals surface area contributed by atoms with Crippen LogP contribution in [0.3, 0.4) is 0 Å². The molecule has 1 amide bonds. The van der Waals surface area contributed by atoms with Crippen LogP contribution in [0.15, 0.2) is 54.6 Å². The van der Waals surface area contributed by atoms with Crippen LogP contribution < -0.4 is 24.3 Å². The van der Waals surface area contributed by atoms with Crippen LogP contribution in [-0.2, 0) is 4.79 Å². The minimum atomic E-state index is -0.873. The summed E-state index contributed by atoms with van der Waals surface area (Å²) in [6.45, 7) is 1.90. The fourth-order valence-electron chi connectivity index (χ4n) is 3.26. The molecule has 0 aliphatic rings. The number of halogens is 1. The molecule has 0 saturated carbocycles. The highest BCUT2D eigenvalue weighted by Crippen LogP contribution is 2.31. The number of hydrogen-bond donors (Lipinski definition) is 1. The molecule has 2 aromatic carbocycles. The molecule has 4 rings (SSSR count). The first kappa shape index (κ1) is 23.7. The number of carbonyl (C=O) groups excluding carboxylic acids is 1. The van der Waals surface area contributed by atoms with E-state index in [1.165, 1.54) is 12.1 Å². The van der Waals surface area contributed by atoms with Crippen LogP contribution in [0.25, 0.3) is 17.0 Å². The van der Waals surface area contributed by atoms with Gasteiger partial charge in [-0.2, -0.15) is 4.52 Å². The van der Waals surface area contributed by atoms with Gasteiger partial charge in [0.2, 0.25) is 5.88 Å². The molecule has 0 aliphatic carbocycles. The lowest BCUT2D eigenvalue weighted by atomic mass is 10.2. The number of rotatable bonds is 10. The SMILES string of the molecule is COc1ccc(-c2nnc3ccc(OCCNC(=O)C(C)Oc4ccccc4F)nn23)cc1OC. The number of carbonyl (C=O) groups is 1. The number of amides is 1. The molecule has 1 unspecified atom stereocenters. The van der Waals surface area contributed by atoms with E-state index >= 15 is 0 Å². The van der Waals surface area contributed by atoms with E-state index in [9.17, 15) is 9.18 Å². The Hall–Kier alpha value is -4.41. The van der Waals surface area contributed by atoms with Crippen molar-refractivity contribution in [1.82, 2.24) is 25.1 Å². The van der Waals surface area contributed by atoms with Crippen LogP contribution in [0, 0.1) is 5.82 Å². The van der Waals surface area contributed by atoms with Crippen molar-refractivity contribution >= 4 is 11.6 Å². The topological polar surface area (TPSA) is 109 Å². The Morgan fingerprint density at radius 3 is 2.60 bits per heavy atom. The third kappa shape index (κ3) is 5.40. The second-order valence-electron chi connectivity index (χ2n) is 7.36. The molecule has 1 N–H and O–H groups in total. The van der Waals surface area contributed by atoms with Crippen LogP contribution in [0.2, 0.25) is 0 Å². The maximum Gasteiger partial charge on any atom is 0.260 e. The summed E-state index contributed by atoms with van der Waals surface area (Å²) in [6.07, 6.45) is -0.873. The molecule has 0 bridgehead atoms. The Labute approximate surface area is 200 Å². The number of aromatic nitrogens is 4. The molecule has 2 aromatic heterocycles. The zero-order valence-electron chi connectivity index (χ0n) is 19.4. The standard InChI is InChI=1S/C24H24FN5O5/c1-15(35-18-7-5-4-6-17(18)25)24(31)26-12-13-34-22-11-10-21-27-28-23(30(21)29-22)16-8-9-19(32-2)20(14-16)33-3/h4-11,14-15H,12-13H2,1-3H3,(H,26,31). The van der Waals surface area contributed by atoms with Crippen molar-refractivity contribution in [2.45, 2.75) is 13.0 Å². The Balaban J connectivity index is 1.36. The lowest BCUT2D eigenvalue weighted by molar-refractivity contribution is -0.127. The third-order valence-electron chi connectivity index (χ3n) is 5.04. The molecule has 11 heteroatoms. The van der Waals surface area contributed by atoms with Gasteiger partial charge in [-0.05, 0) is 43.3 Å². The van der Waals surface area contributed by atoms with Crippen LogP contribution in [0.1, 0.15) is 6.92 Å². The Kier molecular flexibility index (Phi) is 7.24. The van der Waals surface area contributed by atoms with Gasteiger partial charge >= 0.3 is 0 Å². The minimum Gasteiger partial charge on any atom is -0.493 e. The second-order valence-corrected chi connectivity index (χ2v) is 7.36. The molecule has 0 aliphatic heterocycles. The maximum absolute atomic E-state index is 13.7. The summed E-state index contributed by atoms with van der Waals surface area (Å²) < 4.78 is 36.9. The van der Waals surface area contributed by atoms with Crippen LogP contribution in [-0.4, -0.2) is 59.2 Å². The molecular weight excluding hydrogens is 457 g/mol. The zero-order chi connectivity index (χ0) is 24.8. The van der Waals surface area contributed by atoms with Crippen molar-refractivity contribution in [2.75, 3.05) is 27.4 Å². The number of fused-ring (bicyclic) bond motifs is 1. The average molecular weight is 481 g/mol. The maximum atomic E-state index is 13.7. The molecule has 0 spiro atoms. The molecule has 0 fully saturated rings. The van der Waals surface area contributed by atoms with Crippen LogP contribution in [0.5, 0.6) is 23.1 Å². The highest BCUT2D eigenvalue weighted by atomic mass is 19.1. The number of benzene rings is 2. The van der Waals surface area contributed by atoms with E-state index in [0.29, 0.717) is 28.9 Å². The van der Waals surface area contributed by atoms with Gasteiger partial charge in [0.1, 0.15) is 6.61 Å². The van der Waals surface area contributed by atoms with Crippen molar-refractivity contribution in [3.8, 4) is 34.5 Å². The average Bonchev–Trinajstić information content (AvgIpc) is 3.30. The number of ether oxygens (including phenoxy) is 4. The van der Waals surface area contributed by atoms with Gasteiger partial charge in [-0.1, -0.05) is 12.1 Å². The molecule has 182 valence electrons. The fraction of sp³-hybridized carbons (Fsp3) is 0.250. The Bertz CT molecular complexity index is 1330. The third-order valence-corrected chi connectivity index (χ3v) is 5.04. The largest absolute Gasteiger partial charge is 0.493 e. The predicted molar refractivity (Wildman–Crippen MR) is 124 cm³/mol. The number of nitrogens with one attached hydrogen (secondary N) is 1. The molecule has 35 heavy (non-hydrogen) atoms. The highest BCUT2D eigenvalue weighted by molar-refractivity contribution is 5.80. The minimum absolute atomic E-state index is 0.0168. The van der Waals surface area contributed by atoms with Gasteiger partial charge in [0.05, 0.1) is 20.8 Å². The quantitative estimate of drug-likeness (QED) is 0.345. The molecule has 10 nitrogen and oxygen atoms in total. The number of para-hydroxylation sites is 1. The van der Waals surface area contributed by atoms with Gasteiger partial charge < -0.3 is 24.3 Å². The lowest BCUT2D eigenvalue weighted by Crippen LogP contribution is -2.38. The van der Waals surface area contributed by atoms with Gasteiger partial charge in [-0.15, -0.1) is 15.3 Å². The summed E-state index contributed by atoms with van der Waals surface area (Å²) in [5.41, 5.74) is 1.27. The normalized spacial score (nSPS) is 11.7. The van der Waals surface area contributed by atoms with E-state index in [1.807, 2.05) is 6.07 Å². The predicted octanol–water partition coefficient (Wildman–Crippen LogP) is 2.91. The first-order valence-electron chi connectivity index (χ1n) is 10.8. The van der Waals surface area contributed by atoms with E-state index in [4.69, 9.17) is 18.9 Å². The van der Waals surface area contributed by atoms with Crippen molar-refractivity contribution in [2.24, 2.45) is 0 Å². The van der Waals surface area contributed by atoms with Gasteiger partial charge in [0.15, 0.2) is 40.6 Å². The summed E-state index contributed by atoms with van der Waals surface area (Å²) in [7, 11) is 3.12.